The largest absolute Gasteiger partial charge is 0.311 e. The van der Waals surface area contributed by atoms with Gasteiger partial charge in [0.1, 0.15) is 0 Å². The molecule has 0 radical (unpaired) electrons. The third kappa shape index (κ3) is 2.71. The SMILES string of the molecule is CCn1nc(CC(NC)c2csc(C)n2)c2ccccc21. The first-order valence-electron chi connectivity index (χ1n) is 7.26. The number of aryl methyl sites for hydroxylation is 2. The average Bonchev–Trinajstić information content (AvgIpc) is 3.09. The van der Waals surface area contributed by atoms with E-state index in [2.05, 4.69) is 51.6 Å². The molecule has 0 aliphatic heterocycles. The first kappa shape index (κ1) is 14.2. The molecule has 1 unspecified atom stereocenters. The van der Waals surface area contributed by atoms with Gasteiger partial charge in [-0.1, -0.05) is 18.2 Å². The van der Waals surface area contributed by atoms with E-state index in [1.807, 2.05) is 14.0 Å². The third-order valence-corrected chi connectivity index (χ3v) is 4.57. The standard InChI is InChI=1S/C16H20N4S/c1-4-20-16-8-6-5-7-12(16)13(19-20)9-14(17-3)15-10-21-11(2)18-15/h5-8,10,14,17H,4,9H2,1-3H3. The number of benzene rings is 1. The topological polar surface area (TPSA) is 42.7 Å². The van der Waals surface area contributed by atoms with Crippen molar-refractivity contribution in [2.24, 2.45) is 0 Å². The summed E-state index contributed by atoms with van der Waals surface area (Å²) < 4.78 is 2.07. The van der Waals surface area contributed by atoms with Crippen molar-refractivity contribution in [1.29, 1.82) is 0 Å². The second-order valence-electron chi connectivity index (χ2n) is 5.12. The lowest BCUT2D eigenvalue weighted by Crippen LogP contribution is -2.19. The molecule has 5 heteroatoms. The van der Waals surface area contributed by atoms with Crippen LogP contribution < -0.4 is 5.32 Å². The van der Waals surface area contributed by atoms with E-state index in [0.717, 1.165) is 29.4 Å². The number of nitrogens with one attached hydrogen (secondary N) is 1. The number of para-hydroxylation sites is 1. The summed E-state index contributed by atoms with van der Waals surface area (Å²) in [6, 6.07) is 8.65. The van der Waals surface area contributed by atoms with Crippen LogP contribution in [0.5, 0.6) is 0 Å². The van der Waals surface area contributed by atoms with Crippen LogP contribution in [0.1, 0.15) is 29.4 Å². The van der Waals surface area contributed by atoms with Crippen LogP contribution in [0.3, 0.4) is 0 Å². The highest BCUT2D eigenvalue weighted by molar-refractivity contribution is 7.09. The highest BCUT2D eigenvalue weighted by atomic mass is 32.1. The van der Waals surface area contributed by atoms with E-state index in [-0.39, 0.29) is 6.04 Å². The zero-order valence-corrected chi connectivity index (χ0v) is 13.4. The van der Waals surface area contributed by atoms with Gasteiger partial charge in [0, 0.05) is 23.7 Å². The summed E-state index contributed by atoms with van der Waals surface area (Å²) in [6.45, 7) is 5.06. The van der Waals surface area contributed by atoms with Gasteiger partial charge in [0.2, 0.25) is 0 Å². The monoisotopic (exact) mass is 300 g/mol. The van der Waals surface area contributed by atoms with Gasteiger partial charge in [0.15, 0.2) is 0 Å². The Balaban J connectivity index is 1.97. The van der Waals surface area contributed by atoms with Gasteiger partial charge in [-0.2, -0.15) is 5.10 Å². The highest BCUT2D eigenvalue weighted by Crippen LogP contribution is 2.25. The molecule has 0 spiro atoms. The smallest absolute Gasteiger partial charge is 0.0898 e. The second-order valence-corrected chi connectivity index (χ2v) is 6.18. The Morgan fingerprint density at radius 1 is 1.33 bits per heavy atom. The van der Waals surface area contributed by atoms with Gasteiger partial charge < -0.3 is 5.32 Å². The van der Waals surface area contributed by atoms with E-state index in [4.69, 9.17) is 5.10 Å². The molecule has 21 heavy (non-hydrogen) atoms. The Bertz CT molecular complexity index is 744. The van der Waals surface area contributed by atoms with Crippen molar-refractivity contribution in [3.05, 3.63) is 46.0 Å². The van der Waals surface area contributed by atoms with Crippen LogP contribution in [0.25, 0.3) is 10.9 Å². The number of likely N-dealkylation sites (N-methyl/N-ethyl adjacent to an activating group) is 1. The molecule has 0 amide bonds. The number of hydrogen-bond acceptors (Lipinski definition) is 4. The van der Waals surface area contributed by atoms with Crippen molar-refractivity contribution >= 4 is 22.2 Å². The molecule has 0 bridgehead atoms. The van der Waals surface area contributed by atoms with Crippen LogP contribution in [-0.4, -0.2) is 21.8 Å². The number of thiazole rings is 1. The normalized spacial score (nSPS) is 12.9. The van der Waals surface area contributed by atoms with Crippen molar-refractivity contribution in [3.8, 4) is 0 Å². The van der Waals surface area contributed by atoms with Crippen LogP contribution in [0, 0.1) is 6.92 Å². The number of nitrogens with zero attached hydrogens (tertiary/aromatic N) is 3. The number of fused-ring (bicyclic) bond motifs is 1. The van der Waals surface area contributed by atoms with Gasteiger partial charge >= 0.3 is 0 Å². The summed E-state index contributed by atoms with van der Waals surface area (Å²) >= 11 is 1.70. The summed E-state index contributed by atoms with van der Waals surface area (Å²) in [7, 11) is 1.98. The molecule has 0 aliphatic rings. The predicted octanol–water partition coefficient (Wildman–Crippen LogP) is 3.32. The lowest BCUT2D eigenvalue weighted by atomic mass is 10.1. The van der Waals surface area contributed by atoms with Crippen molar-refractivity contribution in [2.75, 3.05) is 7.05 Å². The first-order chi connectivity index (χ1) is 10.2. The maximum atomic E-state index is 4.78. The van der Waals surface area contributed by atoms with Gasteiger partial charge in [0.25, 0.3) is 0 Å². The molecule has 1 atom stereocenters. The molecule has 0 fully saturated rings. The van der Waals surface area contributed by atoms with E-state index < -0.39 is 0 Å². The molecule has 0 saturated carbocycles. The van der Waals surface area contributed by atoms with E-state index in [0.29, 0.717) is 0 Å². The van der Waals surface area contributed by atoms with E-state index in [1.54, 1.807) is 11.3 Å². The molecule has 2 aromatic heterocycles. The molecule has 4 nitrogen and oxygen atoms in total. The van der Waals surface area contributed by atoms with Crippen molar-refractivity contribution < 1.29 is 0 Å². The minimum atomic E-state index is 0.207. The molecule has 3 rings (SSSR count). The number of hydrogen-bond donors (Lipinski definition) is 1. The molecular weight excluding hydrogens is 280 g/mol. The Kier molecular flexibility index (Phi) is 4.03. The third-order valence-electron chi connectivity index (χ3n) is 3.77. The maximum absolute atomic E-state index is 4.78. The summed E-state index contributed by atoms with van der Waals surface area (Å²) in [6.07, 6.45) is 0.854. The summed E-state index contributed by atoms with van der Waals surface area (Å²) in [5.41, 5.74) is 3.45. The minimum absolute atomic E-state index is 0.207. The zero-order chi connectivity index (χ0) is 14.8. The number of rotatable bonds is 5. The van der Waals surface area contributed by atoms with Gasteiger partial charge in [0.05, 0.1) is 28.0 Å². The highest BCUT2D eigenvalue weighted by Gasteiger charge is 2.17. The fourth-order valence-electron chi connectivity index (χ4n) is 2.68. The van der Waals surface area contributed by atoms with E-state index in [9.17, 15) is 0 Å². The fraction of sp³-hybridized carbons (Fsp3) is 0.375. The van der Waals surface area contributed by atoms with Crippen molar-refractivity contribution in [3.63, 3.8) is 0 Å². The van der Waals surface area contributed by atoms with Crippen LogP contribution in [-0.2, 0) is 13.0 Å². The molecule has 110 valence electrons. The molecule has 0 aliphatic carbocycles. The fourth-order valence-corrected chi connectivity index (χ4v) is 3.34. The molecule has 1 aromatic carbocycles. The Morgan fingerprint density at radius 3 is 2.81 bits per heavy atom. The predicted molar refractivity (Wildman–Crippen MR) is 87.8 cm³/mol. The van der Waals surface area contributed by atoms with Crippen LogP contribution >= 0.6 is 11.3 Å². The minimum Gasteiger partial charge on any atom is -0.311 e. The second kappa shape index (κ2) is 5.95. The molecule has 1 N–H and O–H groups in total. The van der Waals surface area contributed by atoms with Crippen molar-refractivity contribution in [1.82, 2.24) is 20.1 Å². The average molecular weight is 300 g/mol. The van der Waals surface area contributed by atoms with Gasteiger partial charge in [-0.3, -0.25) is 4.68 Å². The molecule has 2 heterocycles. The first-order valence-corrected chi connectivity index (χ1v) is 8.14. The van der Waals surface area contributed by atoms with Crippen LogP contribution in [0.15, 0.2) is 29.6 Å². The molecule has 0 saturated heterocycles. The summed E-state index contributed by atoms with van der Waals surface area (Å²) in [4.78, 5) is 4.61. The van der Waals surface area contributed by atoms with Gasteiger partial charge in [-0.25, -0.2) is 4.98 Å². The molecular formula is C16H20N4S. The molecule has 3 aromatic rings. The lowest BCUT2D eigenvalue weighted by Gasteiger charge is -2.12. The Labute approximate surface area is 128 Å². The quantitative estimate of drug-likeness (QED) is 0.786. The van der Waals surface area contributed by atoms with E-state index >= 15 is 0 Å². The van der Waals surface area contributed by atoms with Crippen molar-refractivity contribution in [2.45, 2.75) is 32.9 Å². The van der Waals surface area contributed by atoms with Crippen LogP contribution in [0.4, 0.5) is 0 Å². The zero-order valence-electron chi connectivity index (χ0n) is 12.6. The van der Waals surface area contributed by atoms with Gasteiger partial charge in [-0.15, -0.1) is 11.3 Å². The Hall–Kier alpha value is -1.72. The lowest BCUT2D eigenvalue weighted by molar-refractivity contribution is 0.561. The van der Waals surface area contributed by atoms with Crippen LogP contribution in [0.2, 0.25) is 0 Å². The summed E-state index contributed by atoms with van der Waals surface area (Å²) in [5.74, 6) is 0. The Morgan fingerprint density at radius 2 is 2.14 bits per heavy atom. The maximum Gasteiger partial charge on any atom is 0.0898 e. The van der Waals surface area contributed by atoms with E-state index in [1.165, 1.54) is 10.9 Å². The number of aromatic nitrogens is 3. The van der Waals surface area contributed by atoms with Gasteiger partial charge in [-0.05, 0) is 27.0 Å². The summed E-state index contributed by atoms with van der Waals surface area (Å²) in [5, 5.41) is 12.6.